The number of aromatic nitrogens is 1. The van der Waals surface area contributed by atoms with Gasteiger partial charge < -0.3 is 9.47 Å². The molecule has 0 radical (unpaired) electrons. The number of ether oxygens (including phenoxy) is 2. The van der Waals surface area contributed by atoms with Crippen molar-refractivity contribution in [2.45, 2.75) is 20.3 Å². The summed E-state index contributed by atoms with van der Waals surface area (Å²) in [5.74, 6) is 0.539. The predicted octanol–water partition coefficient (Wildman–Crippen LogP) is 2.01. The third-order valence-corrected chi connectivity index (χ3v) is 2.03. The van der Waals surface area contributed by atoms with E-state index in [-0.39, 0.29) is 0 Å². The van der Waals surface area contributed by atoms with Crippen LogP contribution in [-0.4, -0.2) is 31.1 Å². The lowest BCUT2D eigenvalue weighted by Crippen LogP contribution is -2.05. The van der Waals surface area contributed by atoms with Crippen molar-refractivity contribution in [1.29, 1.82) is 0 Å². The number of rotatable bonds is 7. The Morgan fingerprint density at radius 2 is 2.19 bits per heavy atom. The molecule has 1 heterocycles. The molecule has 0 aliphatic carbocycles. The van der Waals surface area contributed by atoms with Gasteiger partial charge in [0.05, 0.1) is 6.61 Å². The van der Waals surface area contributed by atoms with E-state index in [0.29, 0.717) is 37.6 Å². The fraction of sp³-hybridized carbons (Fsp3) is 0.500. The summed E-state index contributed by atoms with van der Waals surface area (Å²) in [6.45, 7) is 5.71. The molecule has 0 aliphatic heterocycles. The number of carbonyl (C=O) groups is 1. The zero-order valence-corrected chi connectivity index (χ0v) is 9.73. The molecule has 0 N–H and O–H groups in total. The molecule has 0 fully saturated rings. The third kappa shape index (κ3) is 3.98. The van der Waals surface area contributed by atoms with E-state index >= 15 is 0 Å². The maximum absolute atomic E-state index is 10.7. The first kappa shape index (κ1) is 12.6. The molecule has 1 aromatic heterocycles. The summed E-state index contributed by atoms with van der Waals surface area (Å²) in [5.41, 5.74) is 1.17. The molecule has 0 unspecified atom stereocenters. The summed E-state index contributed by atoms with van der Waals surface area (Å²) >= 11 is 0. The normalized spacial score (nSPS) is 10.1. The summed E-state index contributed by atoms with van der Waals surface area (Å²) < 4.78 is 10.6. The van der Waals surface area contributed by atoms with Crippen molar-refractivity contribution in [3.8, 4) is 5.75 Å². The van der Waals surface area contributed by atoms with Crippen LogP contribution < -0.4 is 4.74 Å². The molecule has 88 valence electrons. The molecule has 0 amide bonds. The van der Waals surface area contributed by atoms with E-state index in [1.54, 1.807) is 6.07 Å². The van der Waals surface area contributed by atoms with E-state index in [2.05, 4.69) is 4.98 Å². The van der Waals surface area contributed by atoms with Crippen molar-refractivity contribution in [3.63, 3.8) is 0 Å². The molecule has 0 atom stereocenters. The highest BCUT2D eigenvalue weighted by atomic mass is 16.5. The van der Waals surface area contributed by atoms with Crippen LogP contribution in [0.5, 0.6) is 5.75 Å². The van der Waals surface area contributed by atoms with Crippen LogP contribution >= 0.6 is 0 Å². The lowest BCUT2D eigenvalue weighted by Gasteiger charge is -2.08. The summed E-state index contributed by atoms with van der Waals surface area (Å²) in [6, 6.07) is 3.59. The number of aldehydes is 1. The van der Waals surface area contributed by atoms with Crippen LogP contribution in [-0.2, 0) is 4.74 Å². The molecular formula is C12H17NO3. The second-order valence-corrected chi connectivity index (χ2v) is 3.35. The number of nitrogens with zero attached hydrogens (tertiary/aromatic N) is 1. The summed E-state index contributed by atoms with van der Waals surface area (Å²) in [4.78, 5) is 14.8. The van der Waals surface area contributed by atoms with Gasteiger partial charge >= 0.3 is 0 Å². The first-order valence-corrected chi connectivity index (χ1v) is 5.41. The molecule has 4 heteroatoms. The van der Waals surface area contributed by atoms with Gasteiger partial charge in [-0.3, -0.25) is 4.79 Å². The maximum Gasteiger partial charge on any atom is 0.172 e. The van der Waals surface area contributed by atoms with E-state index in [1.165, 1.54) is 0 Å². The highest BCUT2D eigenvalue weighted by Gasteiger charge is 2.04. The summed E-state index contributed by atoms with van der Waals surface area (Å²) in [5, 5.41) is 0. The quantitative estimate of drug-likeness (QED) is 0.524. The van der Waals surface area contributed by atoms with Crippen molar-refractivity contribution in [3.05, 3.63) is 23.5 Å². The smallest absolute Gasteiger partial charge is 0.172 e. The maximum atomic E-state index is 10.7. The van der Waals surface area contributed by atoms with Crippen LogP contribution in [0.4, 0.5) is 0 Å². The average Bonchev–Trinajstić information content (AvgIpc) is 2.30. The number of hydrogen-bond acceptors (Lipinski definition) is 4. The zero-order chi connectivity index (χ0) is 11.8. The molecule has 4 nitrogen and oxygen atoms in total. The van der Waals surface area contributed by atoms with Gasteiger partial charge in [0.1, 0.15) is 11.4 Å². The van der Waals surface area contributed by atoms with Crippen molar-refractivity contribution >= 4 is 6.29 Å². The topological polar surface area (TPSA) is 48.4 Å². The minimum atomic E-state index is 0.358. The minimum absolute atomic E-state index is 0.358. The Morgan fingerprint density at radius 3 is 2.88 bits per heavy atom. The molecule has 16 heavy (non-hydrogen) atoms. The fourth-order valence-corrected chi connectivity index (χ4v) is 1.26. The van der Waals surface area contributed by atoms with Crippen LogP contribution in [0.1, 0.15) is 29.5 Å². The Hall–Kier alpha value is -1.42. The monoisotopic (exact) mass is 223 g/mol. The van der Waals surface area contributed by atoms with Crippen LogP contribution in [0, 0.1) is 6.92 Å². The SMILES string of the molecule is CCOCCCOc1ccc(C)nc1C=O. The fourth-order valence-electron chi connectivity index (χ4n) is 1.26. The van der Waals surface area contributed by atoms with E-state index in [0.717, 1.165) is 12.1 Å². The zero-order valence-electron chi connectivity index (χ0n) is 9.73. The summed E-state index contributed by atoms with van der Waals surface area (Å²) in [6.07, 6.45) is 1.52. The lowest BCUT2D eigenvalue weighted by molar-refractivity contribution is 0.111. The van der Waals surface area contributed by atoms with Crippen molar-refractivity contribution in [1.82, 2.24) is 4.98 Å². The van der Waals surface area contributed by atoms with Crippen LogP contribution in [0.25, 0.3) is 0 Å². The molecule has 0 saturated carbocycles. The van der Waals surface area contributed by atoms with Crippen molar-refractivity contribution < 1.29 is 14.3 Å². The molecule has 0 aromatic carbocycles. The van der Waals surface area contributed by atoms with Gasteiger partial charge in [0.2, 0.25) is 0 Å². The molecule has 0 bridgehead atoms. The molecule has 0 aliphatic rings. The predicted molar refractivity (Wildman–Crippen MR) is 61.0 cm³/mol. The Labute approximate surface area is 95.6 Å². The Kier molecular flexibility index (Phi) is 5.50. The van der Waals surface area contributed by atoms with Gasteiger partial charge in [0.25, 0.3) is 0 Å². The van der Waals surface area contributed by atoms with Gasteiger partial charge in [0, 0.05) is 25.3 Å². The summed E-state index contributed by atoms with van der Waals surface area (Å²) in [7, 11) is 0. The number of carbonyl (C=O) groups excluding carboxylic acids is 1. The Balaban J connectivity index is 2.44. The molecule has 1 rings (SSSR count). The highest BCUT2D eigenvalue weighted by molar-refractivity contribution is 5.76. The molecule has 0 saturated heterocycles. The van der Waals surface area contributed by atoms with E-state index in [9.17, 15) is 4.79 Å². The van der Waals surface area contributed by atoms with Crippen LogP contribution in [0.15, 0.2) is 12.1 Å². The van der Waals surface area contributed by atoms with Gasteiger partial charge in [-0.25, -0.2) is 4.98 Å². The standard InChI is InChI=1S/C12H17NO3/c1-3-15-7-4-8-16-12-6-5-10(2)13-11(12)9-14/h5-6,9H,3-4,7-8H2,1-2H3. The minimum Gasteiger partial charge on any atom is -0.491 e. The number of pyridine rings is 1. The van der Waals surface area contributed by atoms with Gasteiger partial charge in [-0.1, -0.05) is 0 Å². The van der Waals surface area contributed by atoms with Crippen LogP contribution in [0.2, 0.25) is 0 Å². The number of aryl methyl sites for hydroxylation is 1. The number of hydrogen-bond donors (Lipinski definition) is 0. The van der Waals surface area contributed by atoms with Crippen molar-refractivity contribution in [2.24, 2.45) is 0 Å². The molecule has 0 spiro atoms. The van der Waals surface area contributed by atoms with E-state index < -0.39 is 0 Å². The van der Waals surface area contributed by atoms with E-state index in [4.69, 9.17) is 9.47 Å². The van der Waals surface area contributed by atoms with Crippen LogP contribution in [0.3, 0.4) is 0 Å². The Morgan fingerprint density at radius 1 is 1.38 bits per heavy atom. The lowest BCUT2D eigenvalue weighted by atomic mass is 10.3. The van der Waals surface area contributed by atoms with Gasteiger partial charge in [-0.15, -0.1) is 0 Å². The third-order valence-electron chi connectivity index (χ3n) is 2.03. The average molecular weight is 223 g/mol. The van der Waals surface area contributed by atoms with Gasteiger partial charge in [-0.2, -0.15) is 0 Å². The molecule has 1 aromatic rings. The molecular weight excluding hydrogens is 206 g/mol. The first-order valence-electron chi connectivity index (χ1n) is 5.41. The largest absolute Gasteiger partial charge is 0.491 e. The second-order valence-electron chi connectivity index (χ2n) is 3.35. The Bertz CT molecular complexity index is 339. The van der Waals surface area contributed by atoms with Crippen molar-refractivity contribution in [2.75, 3.05) is 19.8 Å². The second kappa shape index (κ2) is 6.95. The van der Waals surface area contributed by atoms with E-state index in [1.807, 2.05) is 19.9 Å². The van der Waals surface area contributed by atoms with Gasteiger partial charge in [0.15, 0.2) is 6.29 Å². The van der Waals surface area contributed by atoms with Gasteiger partial charge in [-0.05, 0) is 26.0 Å². The first-order chi connectivity index (χ1) is 7.77. The highest BCUT2D eigenvalue weighted by Crippen LogP contribution is 2.14.